The topological polar surface area (TPSA) is 55.9 Å². The molecule has 1 N–H and O–H groups in total. The van der Waals surface area contributed by atoms with Gasteiger partial charge in [0.05, 0.1) is 12.6 Å². The van der Waals surface area contributed by atoms with Crippen molar-refractivity contribution >= 4 is 17.5 Å². The number of nitrogens with one attached hydrogen (secondary N) is 1. The molecule has 6 nitrogen and oxygen atoms in total. The van der Waals surface area contributed by atoms with Crippen LogP contribution in [0.25, 0.3) is 0 Å². The predicted molar refractivity (Wildman–Crippen MR) is 112 cm³/mol. The number of nitrogens with zero attached hydrogens (tertiary/aromatic N) is 3. The van der Waals surface area contributed by atoms with Gasteiger partial charge >= 0.3 is 0 Å². The molecule has 0 saturated carbocycles. The second-order valence-electron chi connectivity index (χ2n) is 8.41. The van der Waals surface area contributed by atoms with E-state index in [1.165, 1.54) is 5.56 Å². The van der Waals surface area contributed by atoms with Crippen LogP contribution in [0.2, 0.25) is 0 Å². The number of amides is 2. The number of piperidine rings is 1. The molecule has 0 aromatic heterocycles. The number of hydrogen-bond acceptors (Lipinski definition) is 4. The quantitative estimate of drug-likeness (QED) is 0.843. The third kappa shape index (κ3) is 5.55. The van der Waals surface area contributed by atoms with Gasteiger partial charge in [-0.3, -0.25) is 19.4 Å². The van der Waals surface area contributed by atoms with Crippen LogP contribution in [0, 0.1) is 12.8 Å². The van der Waals surface area contributed by atoms with Gasteiger partial charge in [-0.2, -0.15) is 0 Å². The summed E-state index contributed by atoms with van der Waals surface area (Å²) in [5.41, 5.74) is 2.01. The zero-order valence-electron chi connectivity index (χ0n) is 17.5. The number of piperazine rings is 1. The summed E-state index contributed by atoms with van der Waals surface area (Å²) in [6, 6.07) is 7.78. The van der Waals surface area contributed by atoms with Crippen molar-refractivity contribution in [3.8, 4) is 0 Å². The summed E-state index contributed by atoms with van der Waals surface area (Å²) in [5, 5.41) is 2.96. The number of hydrogen-bond donors (Lipinski definition) is 1. The summed E-state index contributed by atoms with van der Waals surface area (Å²) in [6.45, 7) is 11.8. The van der Waals surface area contributed by atoms with Crippen LogP contribution in [0.5, 0.6) is 0 Å². The van der Waals surface area contributed by atoms with Gasteiger partial charge < -0.3 is 10.2 Å². The lowest BCUT2D eigenvalue weighted by atomic mass is 9.98. The first-order valence-corrected chi connectivity index (χ1v) is 10.5. The predicted octanol–water partition coefficient (Wildman–Crippen LogP) is 2.20. The summed E-state index contributed by atoms with van der Waals surface area (Å²) in [4.78, 5) is 31.6. The lowest BCUT2D eigenvalue weighted by molar-refractivity contribution is -0.138. The summed E-state index contributed by atoms with van der Waals surface area (Å²) in [7, 11) is 0. The SMILES string of the molecule is Cc1ccc(NC(=O)CN2CCN([C@H](C)C(=O)N3CCC(C)CC3)CC2)cc1. The maximum Gasteiger partial charge on any atom is 0.239 e. The van der Waals surface area contributed by atoms with E-state index in [4.69, 9.17) is 0 Å². The van der Waals surface area contributed by atoms with Crippen LogP contribution in [0.1, 0.15) is 32.3 Å². The Kier molecular flexibility index (Phi) is 7.08. The van der Waals surface area contributed by atoms with Crippen LogP contribution in [-0.4, -0.2) is 78.4 Å². The van der Waals surface area contributed by atoms with Gasteiger partial charge in [0.25, 0.3) is 0 Å². The van der Waals surface area contributed by atoms with Gasteiger partial charge in [-0.1, -0.05) is 24.6 Å². The van der Waals surface area contributed by atoms with Crippen molar-refractivity contribution in [3.63, 3.8) is 0 Å². The molecule has 6 heteroatoms. The molecule has 3 rings (SSSR count). The van der Waals surface area contributed by atoms with E-state index in [0.717, 1.165) is 63.7 Å². The summed E-state index contributed by atoms with van der Waals surface area (Å²) >= 11 is 0. The number of anilines is 1. The molecule has 2 amide bonds. The molecule has 1 aromatic carbocycles. The van der Waals surface area contributed by atoms with E-state index in [2.05, 4.69) is 22.0 Å². The van der Waals surface area contributed by atoms with Crippen LogP contribution in [0.4, 0.5) is 5.69 Å². The average molecular weight is 387 g/mol. The van der Waals surface area contributed by atoms with Gasteiger partial charge in [0.2, 0.25) is 11.8 Å². The number of rotatable bonds is 5. The second-order valence-corrected chi connectivity index (χ2v) is 8.41. The molecule has 1 atom stereocenters. The standard InChI is InChI=1S/C22H34N4O2/c1-17-4-6-20(7-5-17)23-21(27)16-24-12-14-25(15-13-24)19(3)22(28)26-10-8-18(2)9-11-26/h4-7,18-19H,8-16H2,1-3H3,(H,23,27)/t19-/m1/s1. The first-order valence-electron chi connectivity index (χ1n) is 10.5. The van der Waals surface area contributed by atoms with Crippen molar-refractivity contribution in [1.82, 2.24) is 14.7 Å². The molecule has 0 unspecified atom stereocenters. The monoisotopic (exact) mass is 386 g/mol. The molecular weight excluding hydrogens is 352 g/mol. The minimum absolute atomic E-state index is 0.0175. The third-order valence-electron chi connectivity index (χ3n) is 6.11. The van der Waals surface area contributed by atoms with Gasteiger partial charge in [0, 0.05) is 45.0 Å². The molecular formula is C22H34N4O2. The Morgan fingerprint density at radius 1 is 1.04 bits per heavy atom. The van der Waals surface area contributed by atoms with E-state index in [9.17, 15) is 9.59 Å². The van der Waals surface area contributed by atoms with E-state index in [-0.39, 0.29) is 17.9 Å². The van der Waals surface area contributed by atoms with Crippen molar-refractivity contribution < 1.29 is 9.59 Å². The van der Waals surface area contributed by atoms with E-state index in [1.54, 1.807) is 0 Å². The van der Waals surface area contributed by atoms with Crippen LogP contribution in [-0.2, 0) is 9.59 Å². The Bertz CT molecular complexity index is 660. The molecule has 2 aliphatic heterocycles. The average Bonchev–Trinajstić information content (AvgIpc) is 2.70. The van der Waals surface area contributed by atoms with Gasteiger partial charge in [-0.15, -0.1) is 0 Å². The van der Waals surface area contributed by atoms with Crippen LogP contribution in [0.3, 0.4) is 0 Å². The highest BCUT2D eigenvalue weighted by Crippen LogP contribution is 2.18. The van der Waals surface area contributed by atoms with Crippen LogP contribution in [0.15, 0.2) is 24.3 Å². The van der Waals surface area contributed by atoms with Crippen molar-refractivity contribution in [2.45, 2.75) is 39.7 Å². The minimum atomic E-state index is -0.0723. The Morgan fingerprint density at radius 2 is 1.64 bits per heavy atom. The van der Waals surface area contributed by atoms with Crippen molar-refractivity contribution in [2.24, 2.45) is 5.92 Å². The maximum atomic E-state index is 12.8. The number of aryl methyl sites for hydroxylation is 1. The molecule has 0 aliphatic carbocycles. The van der Waals surface area contributed by atoms with Crippen molar-refractivity contribution in [2.75, 3.05) is 51.1 Å². The lowest BCUT2D eigenvalue weighted by Gasteiger charge is -2.40. The van der Waals surface area contributed by atoms with Crippen molar-refractivity contribution in [3.05, 3.63) is 29.8 Å². The molecule has 2 saturated heterocycles. The molecule has 0 radical (unpaired) electrons. The number of likely N-dealkylation sites (tertiary alicyclic amines) is 1. The molecule has 0 spiro atoms. The van der Waals surface area contributed by atoms with Crippen LogP contribution >= 0.6 is 0 Å². The van der Waals surface area contributed by atoms with Gasteiger partial charge in [0.1, 0.15) is 0 Å². The highest BCUT2D eigenvalue weighted by molar-refractivity contribution is 5.92. The van der Waals surface area contributed by atoms with E-state index >= 15 is 0 Å². The molecule has 28 heavy (non-hydrogen) atoms. The lowest BCUT2D eigenvalue weighted by Crippen LogP contribution is -2.56. The number of carbonyl (C=O) groups excluding carboxylic acids is 2. The molecule has 2 aliphatic rings. The van der Waals surface area contributed by atoms with Gasteiger partial charge in [-0.05, 0) is 44.7 Å². The van der Waals surface area contributed by atoms with E-state index in [1.807, 2.05) is 43.0 Å². The fourth-order valence-corrected chi connectivity index (χ4v) is 4.00. The maximum absolute atomic E-state index is 12.8. The first-order chi connectivity index (χ1) is 13.4. The van der Waals surface area contributed by atoms with Crippen LogP contribution < -0.4 is 5.32 Å². The highest BCUT2D eigenvalue weighted by Gasteiger charge is 2.30. The normalized spacial score (nSPS) is 20.8. The minimum Gasteiger partial charge on any atom is -0.341 e. The van der Waals surface area contributed by atoms with Gasteiger partial charge in [-0.25, -0.2) is 0 Å². The molecule has 0 bridgehead atoms. The zero-order chi connectivity index (χ0) is 20.1. The number of benzene rings is 1. The zero-order valence-corrected chi connectivity index (χ0v) is 17.5. The van der Waals surface area contributed by atoms with E-state index < -0.39 is 0 Å². The van der Waals surface area contributed by atoms with Crippen molar-refractivity contribution in [1.29, 1.82) is 0 Å². The Morgan fingerprint density at radius 3 is 2.25 bits per heavy atom. The third-order valence-corrected chi connectivity index (χ3v) is 6.11. The summed E-state index contributed by atoms with van der Waals surface area (Å²) < 4.78 is 0. The first kappa shape index (κ1) is 20.8. The summed E-state index contributed by atoms with van der Waals surface area (Å²) in [6.07, 6.45) is 2.23. The molecule has 2 heterocycles. The fourth-order valence-electron chi connectivity index (χ4n) is 4.00. The van der Waals surface area contributed by atoms with Gasteiger partial charge in [0.15, 0.2) is 0 Å². The Balaban J connectivity index is 1.41. The van der Waals surface area contributed by atoms with E-state index in [0.29, 0.717) is 6.54 Å². The molecule has 2 fully saturated rings. The highest BCUT2D eigenvalue weighted by atomic mass is 16.2. The largest absolute Gasteiger partial charge is 0.341 e. The second kappa shape index (κ2) is 9.52. The fraction of sp³-hybridized carbons (Fsp3) is 0.636. The summed E-state index contributed by atoms with van der Waals surface area (Å²) in [5.74, 6) is 1.01. The Hall–Kier alpha value is -1.92. The smallest absolute Gasteiger partial charge is 0.239 e. The molecule has 154 valence electrons. The Labute approximate surface area is 168 Å². The number of carbonyl (C=O) groups is 2. The molecule has 1 aromatic rings.